The van der Waals surface area contributed by atoms with E-state index in [0.29, 0.717) is 0 Å². The molecule has 0 spiro atoms. The van der Waals surface area contributed by atoms with Crippen LogP contribution >= 0.6 is 0 Å². The second-order valence-corrected chi connectivity index (χ2v) is 0. The summed E-state index contributed by atoms with van der Waals surface area (Å²) in [6.07, 6.45) is 0. The van der Waals surface area contributed by atoms with Gasteiger partial charge in [0.25, 0.3) is 0 Å². The molecule has 0 aromatic rings. The minimum atomic E-state index is 0. The molecule has 0 rings (SSSR count). The molecule has 0 heterocycles. The van der Waals surface area contributed by atoms with Crippen molar-refractivity contribution in [2.24, 2.45) is 0 Å². The SMILES string of the molecule is [Cd].[Cd].[Cd].[Cd].[Cd].[Zn].[Zn].[Zn]. The molecule has 0 aromatic carbocycles. The predicted octanol–water partition coefficient (Wildman–Crippen LogP) is -0.0200. The van der Waals surface area contributed by atoms with Crippen LogP contribution in [0.15, 0.2) is 0 Å². The average molecular weight is 758 g/mol. The van der Waals surface area contributed by atoms with Crippen LogP contribution in [0.25, 0.3) is 0 Å². The van der Waals surface area contributed by atoms with Gasteiger partial charge >= 0.3 is 0 Å². The van der Waals surface area contributed by atoms with Crippen molar-refractivity contribution in [1.29, 1.82) is 0 Å². The number of hydrogen-bond acceptors (Lipinski definition) is 0. The first-order chi connectivity index (χ1) is 0. The summed E-state index contributed by atoms with van der Waals surface area (Å²) in [5, 5.41) is 0. The van der Waals surface area contributed by atoms with Crippen LogP contribution < -0.4 is 0 Å². The van der Waals surface area contributed by atoms with E-state index in [1.165, 1.54) is 0 Å². The molecule has 0 atom stereocenters. The van der Waals surface area contributed by atoms with Crippen LogP contribution in [0.1, 0.15) is 0 Å². The summed E-state index contributed by atoms with van der Waals surface area (Å²) in [6.45, 7) is 0. The van der Waals surface area contributed by atoms with E-state index in [2.05, 4.69) is 0 Å². The van der Waals surface area contributed by atoms with E-state index < -0.39 is 0 Å². The Kier molecular flexibility index (Phi) is 392. The molecule has 0 bridgehead atoms. The first-order valence-electron chi connectivity index (χ1n) is 0. The summed E-state index contributed by atoms with van der Waals surface area (Å²) >= 11 is 0. The maximum atomic E-state index is 0. The van der Waals surface area contributed by atoms with Crippen molar-refractivity contribution in [2.75, 3.05) is 0 Å². The molecule has 0 aliphatic carbocycles. The van der Waals surface area contributed by atoms with Gasteiger partial charge in [0, 0.05) is 195 Å². The standard InChI is InChI=1S/5Cd.3Zn. The molecule has 0 saturated heterocycles. The maximum Gasteiger partial charge on any atom is 0 e. The van der Waals surface area contributed by atoms with Crippen molar-refractivity contribution in [2.45, 2.75) is 0 Å². The minimum Gasteiger partial charge on any atom is 0 e. The van der Waals surface area contributed by atoms with Gasteiger partial charge in [-0.1, -0.05) is 0 Å². The molecule has 0 amide bonds. The fourth-order valence-corrected chi connectivity index (χ4v) is 0. The quantitative estimate of drug-likeness (QED) is 0.306. The van der Waals surface area contributed by atoms with Crippen LogP contribution in [0.4, 0.5) is 0 Å². The Bertz CT molecular complexity index is 7.64. The van der Waals surface area contributed by atoms with Crippen molar-refractivity contribution < 1.29 is 195 Å². The molecule has 16 valence electrons. The monoisotopic (exact) mass is 761 g/mol. The van der Waals surface area contributed by atoms with Gasteiger partial charge in [0.1, 0.15) is 0 Å². The van der Waals surface area contributed by atoms with E-state index in [0.717, 1.165) is 0 Å². The van der Waals surface area contributed by atoms with Gasteiger partial charge in [0.15, 0.2) is 0 Å². The van der Waals surface area contributed by atoms with E-state index in [1.807, 2.05) is 0 Å². The molecule has 0 nitrogen and oxygen atoms in total. The van der Waals surface area contributed by atoms with Gasteiger partial charge in [-0.2, -0.15) is 0 Å². The van der Waals surface area contributed by atoms with Gasteiger partial charge in [0.05, 0.1) is 0 Å². The zero-order chi connectivity index (χ0) is 0. The summed E-state index contributed by atoms with van der Waals surface area (Å²) in [5.41, 5.74) is 0. The van der Waals surface area contributed by atoms with Crippen molar-refractivity contribution >= 4 is 0 Å². The van der Waals surface area contributed by atoms with Crippen molar-refractivity contribution in [3.8, 4) is 0 Å². The summed E-state index contributed by atoms with van der Waals surface area (Å²) < 4.78 is 0. The molecule has 0 aliphatic rings. The third-order valence-electron chi connectivity index (χ3n) is 0. The van der Waals surface area contributed by atoms with Crippen molar-refractivity contribution in [3.05, 3.63) is 0 Å². The number of hydrogen-bond donors (Lipinski definition) is 0. The number of rotatable bonds is 0. The molecule has 0 radical (unpaired) electrons. The van der Waals surface area contributed by atoms with E-state index in [1.54, 1.807) is 0 Å². The van der Waals surface area contributed by atoms with Crippen LogP contribution in [0.5, 0.6) is 0 Å². The van der Waals surface area contributed by atoms with Crippen molar-refractivity contribution in [3.63, 3.8) is 0 Å². The molecular formula is Cd5Zn3. The summed E-state index contributed by atoms with van der Waals surface area (Å²) in [4.78, 5) is 0. The van der Waals surface area contributed by atoms with Crippen LogP contribution in [0.2, 0.25) is 0 Å². The third-order valence-corrected chi connectivity index (χ3v) is 0. The van der Waals surface area contributed by atoms with Crippen LogP contribution in [-0.4, -0.2) is 0 Å². The Morgan fingerprint density at radius 1 is 0.250 bits per heavy atom. The average Bonchev–Trinajstić information content (AvgIpc) is 0. The fraction of sp³-hybridized carbons (Fsp3) is 0. The second kappa shape index (κ2) is 50.0. The molecule has 0 fully saturated rings. The molecule has 0 aromatic heterocycles. The molecule has 0 N–H and O–H groups in total. The van der Waals surface area contributed by atoms with E-state index in [4.69, 9.17) is 0 Å². The fourth-order valence-electron chi connectivity index (χ4n) is 0. The molecule has 0 unspecified atom stereocenters. The summed E-state index contributed by atoms with van der Waals surface area (Å²) in [5.74, 6) is 0. The van der Waals surface area contributed by atoms with Gasteiger partial charge in [-0.25, -0.2) is 0 Å². The van der Waals surface area contributed by atoms with Gasteiger partial charge in [-0.3, -0.25) is 0 Å². The molecule has 8 heteroatoms. The van der Waals surface area contributed by atoms with Gasteiger partial charge < -0.3 is 0 Å². The van der Waals surface area contributed by atoms with Crippen molar-refractivity contribution in [1.82, 2.24) is 0 Å². The van der Waals surface area contributed by atoms with E-state index >= 15 is 0 Å². The second-order valence-electron chi connectivity index (χ2n) is 0. The zero-order valence-corrected chi connectivity index (χ0v) is 34.7. The Balaban J connectivity index is 0. The van der Waals surface area contributed by atoms with Crippen LogP contribution in [-0.2, 0) is 195 Å². The molecule has 0 aliphatic heterocycles. The predicted molar refractivity (Wildman–Crippen MR) is 0 cm³/mol. The van der Waals surface area contributed by atoms with E-state index in [9.17, 15) is 0 Å². The molecule has 8 heavy (non-hydrogen) atoms. The van der Waals surface area contributed by atoms with Gasteiger partial charge in [0.2, 0.25) is 0 Å². The Labute approximate surface area is 189 Å². The van der Waals surface area contributed by atoms with E-state index in [-0.39, 0.29) is 195 Å². The largest absolute Gasteiger partial charge is 0 e. The van der Waals surface area contributed by atoms with Gasteiger partial charge in [-0.15, -0.1) is 0 Å². The Morgan fingerprint density at radius 2 is 0.250 bits per heavy atom. The normalized spacial score (nSPS) is 0. The molecular weight excluding hydrogens is 758 g/mol. The zero-order valence-electron chi connectivity index (χ0n) is 5.66. The first kappa shape index (κ1) is 62.7. The van der Waals surface area contributed by atoms with Gasteiger partial charge in [-0.05, 0) is 0 Å². The Morgan fingerprint density at radius 3 is 0.250 bits per heavy atom. The maximum absolute atomic E-state index is 0. The summed E-state index contributed by atoms with van der Waals surface area (Å²) in [6, 6.07) is 0. The van der Waals surface area contributed by atoms with Crippen LogP contribution in [0, 0.1) is 0 Å². The first-order valence-corrected chi connectivity index (χ1v) is 0. The minimum absolute atomic E-state index is 0. The summed E-state index contributed by atoms with van der Waals surface area (Å²) in [7, 11) is 0. The third kappa shape index (κ3) is 39.2. The Hall–Kier alpha value is 6.48. The molecule has 0 saturated carbocycles. The topological polar surface area (TPSA) is 0 Å². The van der Waals surface area contributed by atoms with Crippen LogP contribution in [0.3, 0.4) is 0 Å². The smallest absolute Gasteiger partial charge is 0 e.